The average molecular weight is 453 g/mol. The van der Waals surface area contributed by atoms with Crippen LogP contribution in [0.5, 0.6) is 0 Å². The number of nitrogens with one attached hydrogen (secondary N) is 2. The van der Waals surface area contributed by atoms with Gasteiger partial charge in [0.15, 0.2) is 17.2 Å². The first kappa shape index (κ1) is 19.6. The van der Waals surface area contributed by atoms with Crippen LogP contribution in [0.15, 0.2) is 55.0 Å². The van der Waals surface area contributed by atoms with Crippen molar-refractivity contribution >= 4 is 39.2 Å². The first-order chi connectivity index (χ1) is 16.1. The molecule has 6 heterocycles. The Kier molecular flexibility index (Phi) is 4.44. The zero-order valence-corrected chi connectivity index (χ0v) is 19.1. The van der Waals surface area contributed by atoms with Crippen molar-refractivity contribution < 1.29 is 0 Å². The number of thiophene rings is 1. The molecule has 0 radical (unpaired) electrons. The highest BCUT2D eigenvalue weighted by atomic mass is 32.1. The first-order valence-corrected chi connectivity index (χ1v) is 11.3. The lowest BCUT2D eigenvalue weighted by molar-refractivity contribution is 1.10. The number of imidazole rings is 1. The summed E-state index contributed by atoms with van der Waals surface area (Å²) in [5, 5.41) is 7.59. The van der Waals surface area contributed by atoms with Crippen molar-refractivity contribution in [2.75, 3.05) is 19.0 Å². The Labute approximate surface area is 193 Å². The second-order valence-electron chi connectivity index (χ2n) is 8.04. The Morgan fingerprint density at radius 1 is 1.00 bits per heavy atom. The van der Waals surface area contributed by atoms with Gasteiger partial charge in [-0.25, -0.2) is 15.0 Å². The molecule has 0 spiro atoms. The number of nitrogens with zero attached hydrogens (tertiary/aromatic N) is 6. The number of rotatable bonds is 4. The van der Waals surface area contributed by atoms with E-state index in [9.17, 15) is 0 Å². The molecule has 0 saturated carbocycles. The van der Waals surface area contributed by atoms with E-state index in [1.54, 1.807) is 17.5 Å². The molecule has 8 nitrogen and oxygen atoms in total. The number of pyridine rings is 3. The quantitative estimate of drug-likeness (QED) is 0.388. The minimum absolute atomic E-state index is 0.634. The number of H-pyrrole nitrogens is 2. The molecule has 6 rings (SSSR count). The second kappa shape index (κ2) is 7.49. The molecular formula is C24H20N8S. The summed E-state index contributed by atoms with van der Waals surface area (Å²) >= 11 is 1.75. The highest BCUT2D eigenvalue weighted by molar-refractivity contribution is 7.15. The van der Waals surface area contributed by atoms with E-state index < -0.39 is 0 Å². The fourth-order valence-electron chi connectivity index (χ4n) is 3.85. The molecular weight excluding hydrogens is 432 g/mol. The minimum atomic E-state index is 0.634. The Balaban J connectivity index is 1.48. The van der Waals surface area contributed by atoms with Crippen LogP contribution in [0.1, 0.15) is 4.88 Å². The molecule has 9 heteroatoms. The largest absolute Gasteiger partial charge is 0.376 e. The van der Waals surface area contributed by atoms with E-state index in [4.69, 9.17) is 9.97 Å². The maximum Gasteiger partial charge on any atom is 0.178 e. The molecule has 0 unspecified atom stereocenters. The van der Waals surface area contributed by atoms with Gasteiger partial charge in [-0.1, -0.05) is 0 Å². The third kappa shape index (κ3) is 3.33. The van der Waals surface area contributed by atoms with Crippen molar-refractivity contribution in [3.05, 3.63) is 59.9 Å². The molecule has 6 aromatic rings. The van der Waals surface area contributed by atoms with Gasteiger partial charge in [0, 0.05) is 47.4 Å². The molecule has 2 N–H and O–H groups in total. The van der Waals surface area contributed by atoms with Gasteiger partial charge in [0.2, 0.25) is 0 Å². The number of aromatic nitrogens is 7. The zero-order chi connectivity index (χ0) is 22.5. The number of aryl methyl sites for hydroxylation is 1. The molecule has 0 bridgehead atoms. The molecule has 0 fully saturated rings. The van der Waals surface area contributed by atoms with Gasteiger partial charge in [0.1, 0.15) is 5.52 Å². The summed E-state index contributed by atoms with van der Waals surface area (Å²) in [4.78, 5) is 26.4. The van der Waals surface area contributed by atoms with Crippen LogP contribution < -0.4 is 4.90 Å². The lowest BCUT2D eigenvalue weighted by atomic mass is 10.1. The third-order valence-electron chi connectivity index (χ3n) is 5.57. The van der Waals surface area contributed by atoms with Crippen molar-refractivity contribution in [2.45, 2.75) is 6.92 Å². The van der Waals surface area contributed by atoms with Gasteiger partial charge in [0.05, 0.1) is 28.6 Å². The maximum atomic E-state index is 4.91. The minimum Gasteiger partial charge on any atom is -0.376 e. The van der Waals surface area contributed by atoms with Crippen molar-refractivity contribution in [3.63, 3.8) is 0 Å². The number of aromatic amines is 2. The highest BCUT2D eigenvalue weighted by Crippen LogP contribution is 2.34. The summed E-state index contributed by atoms with van der Waals surface area (Å²) < 4.78 is 0. The lowest BCUT2D eigenvalue weighted by Crippen LogP contribution is -2.08. The van der Waals surface area contributed by atoms with E-state index in [-0.39, 0.29) is 0 Å². The Bertz CT molecular complexity index is 1620. The first-order valence-electron chi connectivity index (χ1n) is 10.5. The molecule has 33 heavy (non-hydrogen) atoms. The SMILES string of the molecule is Cc1ccc(-c2ccnc3nc(-c4n[nH]c5ccc(-c6cncc(N(C)C)c6)nc45)[nH]c23)s1. The molecule has 0 atom stereocenters. The highest BCUT2D eigenvalue weighted by Gasteiger charge is 2.18. The number of anilines is 1. The zero-order valence-electron chi connectivity index (χ0n) is 18.3. The predicted octanol–water partition coefficient (Wildman–Crippen LogP) is 5.06. The van der Waals surface area contributed by atoms with Gasteiger partial charge in [-0.05, 0) is 43.3 Å². The van der Waals surface area contributed by atoms with Gasteiger partial charge in [-0.15, -0.1) is 11.3 Å². The summed E-state index contributed by atoms with van der Waals surface area (Å²) in [6.45, 7) is 2.10. The molecule has 162 valence electrons. The van der Waals surface area contributed by atoms with E-state index in [1.807, 2.05) is 49.6 Å². The molecule has 0 aliphatic rings. The molecule has 0 aliphatic heterocycles. The van der Waals surface area contributed by atoms with Crippen LogP contribution in [0.4, 0.5) is 5.69 Å². The van der Waals surface area contributed by atoms with E-state index in [2.05, 4.69) is 50.3 Å². The summed E-state index contributed by atoms with van der Waals surface area (Å²) in [5.41, 5.74) is 7.66. The smallest absolute Gasteiger partial charge is 0.178 e. The molecule has 0 aliphatic carbocycles. The van der Waals surface area contributed by atoms with Crippen LogP contribution in [-0.2, 0) is 0 Å². The topological polar surface area (TPSA) is 99.3 Å². The normalized spacial score (nSPS) is 11.5. The predicted molar refractivity (Wildman–Crippen MR) is 132 cm³/mol. The standard InChI is InChI=1S/C24H20N8S/c1-13-4-7-19(33-13)16-8-9-26-23-20(16)28-24(29-23)22-21-18(30-31-22)6-5-17(27-21)14-10-15(32(2)3)12-25-11-14/h4-12H,1-3H3,(H,30,31)(H,26,28,29). The van der Waals surface area contributed by atoms with Gasteiger partial charge in [-0.3, -0.25) is 10.1 Å². The Hall–Kier alpha value is -4.11. The van der Waals surface area contributed by atoms with Gasteiger partial charge in [0.25, 0.3) is 0 Å². The molecule has 0 amide bonds. The Morgan fingerprint density at radius 2 is 1.91 bits per heavy atom. The maximum absolute atomic E-state index is 4.91. The molecule has 6 aromatic heterocycles. The number of hydrogen-bond donors (Lipinski definition) is 2. The van der Waals surface area contributed by atoms with Crippen molar-refractivity contribution in [2.24, 2.45) is 0 Å². The van der Waals surface area contributed by atoms with Crippen LogP contribution in [0.25, 0.3) is 55.4 Å². The van der Waals surface area contributed by atoms with Crippen LogP contribution in [0.2, 0.25) is 0 Å². The van der Waals surface area contributed by atoms with Crippen LogP contribution in [0, 0.1) is 6.92 Å². The average Bonchev–Trinajstić information content (AvgIpc) is 3.55. The fourth-order valence-corrected chi connectivity index (χ4v) is 4.74. The molecule has 0 aromatic carbocycles. The Morgan fingerprint density at radius 3 is 2.73 bits per heavy atom. The van der Waals surface area contributed by atoms with Crippen LogP contribution >= 0.6 is 11.3 Å². The fraction of sp³-hybridized carbons (Fsp3) is 0.125. The van der Waals surface area contributed by atoms with E-state index in [0.29, 0.717) is 17.2 Å². The summed E-state index contributed by atoms with van der Waals surface area (Å²) in [6.07, 6.45) is 5.45. The van der Waals surface area contributed by atoms with Crippen LogP contribution in [-0.4, -0.2) is 49.2 Å². The van der Waals surface area contributed by atoms with E-state index in [0.717, 1.165) is 39.1 Å². The van der Waals surface area contributed by atoms with E-state index in [1.165, 1.54) is 9.75 Å². The van der Waals surface area contributed by atoms with Gasteiger partial charge >= 0.3 is 0 Å². The second-order valence-corrected chi connectivity index (χ2v) is 9.33. The van der Waals surface area contributed by atoms with Crippen LogP contribution in [0.3, 0.4) is 0 Å². The summed E-state index contributed by atoms with van der Waals surface area (Å²) in [5.74, 6) is 0.634. The van der Waals surface area contributed by atoms with Gasteiger partial charge < -0.3 is 9.88 Å². The third-order valence-corrected chi connectivity index (χ3v) is 6.60. The van der Waals surface area contributed by atoms with Crippen molar-refractivity contribution in [3.8, 4) is 33.2 Å². The number of fused-ring (bicyclic) bond motifs is 2. The van der Waals surface area contributed by atoms with Gasteiger partial charge in [-0.2, -0.15) is 5.10 Å². The lowest BCUT2D eigenvalue weighted by Gasteiger charge is -2.12. The van der Waals surface area contributed by atoms with E-state index >= 15 is 0 Å². The monoisotopic (exact) mass is 452 g/mol. The summed E-state index contributed by atoms with van der Waals surface area (Å²) in [7, 11) is 3.99. The van der Waals surface area contributed by atoms with Crippen molar-refractivity contribution in [1.29, 1.82) is 0 Å². The number of hydrogen-bond acceptors (Lipinski definition) is 7. The summed E-state index contributed by atoms with van der Waals surface area (Å²) in [6, 6.07) is 12.3. The molecule has 0 saturated heterocycles. The van der Waals surface area contributed by atoms with Crippen molar-refractivity contribution in [1.82, 2.24) is 35.1 Å².